The molecule has 0 saturated carbocycles. The molecule has 0 radical (unpaired) electrons. The van der Waals surface area contributed by atoms with Gasteiger partial charge >= 0.3 is 5.97 Å². The number of rotatable bonds is 13. The summed E-state index contributed by atoms with van der Waals surface area (Å²) in [5.74, 6) is -3.00. The molecule has 0 aliphatic carbocycles. The van der Waals surface area contributed by atoms with Gasteiger partial charge in [-0.25, -0.2) is 0 Å². The third-order valence-electron chi connectivity index (χ3n) is 8.68. The van der Waals surface area contributed by atoms with E-state index in [-0.39, 0.29) is 25.7 Å². The molecule has 3 aliphatic heterocycles. The number of allylic oxidation sites excluding steroid dienone is 1. The Bertz CT molecular complexity index is 1330. The maximum Gasteiger partial charge on any atom is 0.312 e. The van der Waals surface area contributed by atoms with Crippen molar-refractivity contribution >= 4 is 35.1 Å². The summed E-state index contributed by atoms with van der Waals surface area (Å²) in [6.07, 6.45) is 5.42. The fourth-order valence-electron chi connectivity index (χ4n) is 6.92. The standard InChI is InChI=1S/C33H37ClN2O6/c1-3-5-11-19-41-32(40)27-26-16-17-33(42-26)28(27)30(38)36(23(21-37)20-22-12-7-6-8-13-22)29(33)31(39)35(18-4-2)25-15-10-9-14-24(25)34/h3-4,6-10,12-15,23,26-29,37H,1-2,5,11,16-21H2/t23-,26-,27+,28+,29?,33?/m1/s1. The van der Waals surface area contributed by atoms with E-state index < -0.39 is 47.5 Å². The van der Waals surface area contributed by atoms with Gasteiger partial charge in [0.2, 0.25) is 5.91 Å². The minimum atomic E-state index is -1.24. The van der Waals surface area contributed by atoms with Crippen molar-refractivity contribution < 1.29 is 29.0 Å². The van der Waals surface area contributed by atoms with Crippen LogP contribution in [0.3, 0.4) is 0 Å². The molecule has 5 rings (SSSR count). The fraction of sp³-hybridized carbons (Fsp3) is 0.424. The van der Waals surface area contributed by atoms with Gasteiger partial charge in [-0.3, -0.25) is 14.4 Å². The minimum absolute atomic E-state index is 0.141. The van der Waals surface area contributed by atoms with Gasteiger partial charge in [0.1, 0.15) is 11.6 Å². The van der Waals surface area contributed by atoms with Gasteiger partial charge in [0.25, 0.3) is 5.91 Å². The van der Waals surface area contributed by atoms with Gasteiger partial charge in [-0.1, -0.05) is 66.2 Å². The zero-order valence-corrected chi connectivity index (χ0v) is 24.3. The molecule has 2 unspecified atom stereocenters. The summed E-state index contributed by atoms with van der Waals surface area (Å²) in [4.78, 5) is 45.6. The maximum atomic E-state index is 14.7. The van der Waals surface area contributed by atoms with Crippen LogP contribution in [-0.2, 0) is 30.3 Å². The normalized spacial score (nSPS) is 26.5. The highest BCUT2D eigenvalue weighted by Crippen LogP contribution is 2.59. The molecule has 1 spiro atoms. The summed E-state index contributed by atoms with van der Waals surface area (Å²) in [6, 6.07) is 14.7. The van der Waals surface area contributed by atoms with E-state index in [1.807, 2.05) is 30.3 Å². The Morgan fingerprint density at radius 3 is 2.60 bits per heavy atom. The number of aliphatic hydroxyl groups excluding tert-OH is 1. The van der Waals surface area contributed by atoms with Crippen molar-refractivity contribution in [3.05, 3.63) is 90.5 Å². The van der Waals surface area contributed by atoms with E-state index in [1.54, 1.807) is 36.4 Å². The lowest BCUT2D eigenvalue weighted by molar-refractivity contribution is -0.155. The van der Waals surface area contributed by atoms with Crippen LogP contribution in [0.1, 0.15) is 31.2 Å². The molecule has 2 aromatic rings. The quantitative estimate of drug-likeness (QED) is 0.211. The van der Waals surface area contributed by atoms with Crippen molar-refractivity contribution in [2.75, 3.05) is 24.7 Å². The van der Waals surface area contributed by atoms with Crippen LogP contribution in [0.15, 0.2) is 79.9 Å². The highest BCUT2D eigenvalue weighted by molar-refractivity contribution is 6.34. The third-order valence-corrected chi connectivity index (χ3v) is 9.00. The van der Waals surface area contributed by atoms with Crippen molar-refractivity contribution in [1.82, 2.24) is 4.90 Å². The largest absolute Gasteiger partial charge is 0.465 e. The topological polar surface area (TPSA) is 96.4 Å². The predicted octanol–water partition coefficient (Wildman–Crippen LogP) is 4.35. The Hall–Kier alpha value is -3.46. The molecular weight excluding hydrogens is 556 g/mol. The van der Waals surface area contributed by atoms with Crippen molar-refractivity contribution in [1.29, 1.82) is 0 Å². The third kappa shape index (κ3) is 5.27. The summed E-state index contributed by atoms with van der Waals surface area (Å²) < 4.78 is 12.2. The number of likely N-dealkylation sites (tertiary alicyclic amines) is 1. The first-order valence-corrected chi connectivity index (χ1v) is 14.8. The van der Waals surface area contributed by atoms with Crippen LogP contribution in [0.25, 0.3) is 0 Å². The average Bonchev–Trinajstić information content (AvgIpc) is 3.65. The molecule has 3 heterocycles. The Balaban J connectivity index is 1.56. The number of amides is 2. The van der Waals surface area contributed by atoms with Crippen molar-refractivity contribution in [3.8, 4) is 0 Å². The van der Waals surface area contributed by atoms with Gasteiger partial charge in [-0.05, 0) is 49.8 Å². The summed E-state index contributed by atoms with van der Waals surface area (Å²) in [5, 5.41) is 11.0. The molecule has 1 N–H and O–H groups in total. The monoisotopic (exact) mass is 592 g/mol. The van der Waals surface area contributed by atoms with Gasteiger partial charge in [-0.15, -0.1) is 13.2 Å². The zero-order valence-electron chi connectivity index (χ0n) is 23.6. The number of fused-ring (bicyclic) bond motifs is 1. The smallest absolute Gasteiger partial charge is 0.312 e. The van der Waals surface area contributed by atoms with Crippen LogP contribution in [0.2, 0.25) is 5.02 Å². The lowest BCUT2D eigenvalue weighted by atomic mass is 9.70. The van der Waals surface area contributed by atoms with Crippen LogP contribution in [0, 0.1) is 11.8 Å². The molecule has 3 fully saturated rings. The van der Waals surface area contributed by atoms with E-state index in [4.69, 9.17) is 21.1 Å². The number of carbonyl (C=O) groups is 3. The van der Waals surface area contributed by atoms with Crippen LogP contribution in [-0.4, -0.2) is 71.3 Å². The van der Waals surface area contributed by atoms with E-state index in [0.717, 1.165) is 5.56 Å². The second kappa shape index (κ2) is 12.8. The first-order valence-electron chi connectivity index (χ1n) is 14.5. The summed E-state index contributed by atoms with van der Waals surface area (Å²) in [7, 11) is 0. The molecule has 42 heavy (non-hydrogen) atoms. The Morgan fingerprint density at radius 2 is 1.90 bits per heavy atom. The summed E-state index contributed by atoms with van der Waals surface area (Å²) in [6.45, 7) is 7.51. The number of benzene rings is 2. The lowest BCUT2D eigenvalue weighted by Gasteiger charge is -2.39. The number of nitrogens with zero attached hydrogens (tertiary/aromatic N) is 2. The SMILES string of the molecule is C=CCCCOC(=O)[C@@H]1[C@H]2C(=O)N([C@@H](CO)Cc3ccccc3)C(C(=O)N(CC=C)c3ccccc3Cl)C23CC[C@H]1O3. The molecule has 0 aromatic heterocycles. The summed E-state index contributed by atoms with van der Waals surface area (Å²) >= 11 is 6.54. The number of anilines is 1. The number of ether oxygens (including phenoxy) is 2. The van der Waals surface area contributed by atoms with Gasteiger partial charge in [0, 0.05) is 6.54 Å². The van der Waals surface area contributed by atoms with Crippen molar-refractivity contribution in [2.45, 2.75) is 55.9 Å². The number of aliphatic hydroxyl groups is 1. The molecule has 3 aliphatic rings. The van der Waals surface area contributed by atoms with Crippen LogP contribution in [0.4, 0.5) is 5.69 Å². The number of esters is 1. The number of unbranched alkanes of at least 4 members (excludes halogenated alkanes) is 1. The zero-order chi connectivity index (χ0) is 29.9. The average molecular weight is 593 g/mol. The molecule has 6 atom stereocenters. The Morgan fingerprint density at radius 1 is 1.17 bits per heavy atom. The molecule has 8 nitrogen and oxygen atoms in total. The van der Waals surface area contributed by atoms with Crippen molar-refractivity contribution in [2.24, 2.45) is 11.8 Å². The van der Waals surface area contributed by atoms with E-state index in [2.05, 4.69) is 13.2 Å². The molecule has 222 valence electrons. The number of carbonyl (C=O) groups excluding carboxylic acids is 3. The molecule has 3 saturated heterocycles. The second-order valence-corrected chi connectivity index (χ2v) is 11.5. The Labute approximate surface area is 251 Å². The van der Waals surface area contributed by atoms with E-state index in [0.29, 0.717) is 42.8 Å². The van der Waals surface area contributed by atoms with Gasteiger partial charge in [0.15, 0.2) is 0 Å². The second-order valence-electron chi connectivity index (χ2n) is 11.1. The number of hydrogen-bond donors (Lipinski definition) is 1. The van der Waals surface area contributed by atoms with E-state index >= 15 is 0 Å². The van der Waals surface area contributed by atoms with Gasteiger partial charge in [-0.2, -0.15) is 0 Å². The van der Waals surface area contributed by atoms with Crippen LogP contribution in [0.5, 0.6) is 0 Å². The number of halogens is 1. The highest BCUT2D eigenvalue weighted by atomic mass is 35.5. The molecule has 9 heteroatoms. The van der Waals surface area contributed by atoms with Crippen LogP contribution < -0.4 is 4.90 Å². The first kappa shape index (κ1) is 30.0. The van der Waals surface area contributed by atoms with Gasteiger partial charge < -0.3 is 24.4 Å². The van der Waals surface area contributed by atoms with Crippen molar-refractivity contribution in [3.63, 3.8) is 0 Å². The Kier molecular flexibility index (Phi) is 9.16. The van der Waals surface area contributed by atoms with Crippen LogP contribution >= 0.6 is 11.6 Å². The van der Waals surface area contributed by atoms with E-state index in [1.165, 1.54) is 9.80 Å². The molecular formula is C33H37ClN2O6. The highest BCUT2D eigenvalue weighted by Gasteiger charge is 2.75. The maximum absolute atomic E-state index is 14.7. The number of para-hydroxylation sites is 1. The summed E-state index contributed by atoms with van der Waals surface area (Å²) in [5.41, 5.74) is 0.141. The molecule has 2 aromatic carbocycles. The number of hydrogen-bond acceptors (Lipinski definition) is 6. The fourth-order valence-corrected chi connectivity index (χ4v) is 7.16. The van der Waals surface area contributed by atoms with Gasteiger partial charge in [0.05, 0.1) is 47.9 Å². The lowest BCUT2D eigenvalue weighted by Crippen LogP contribution is -2.59. The molecule has 2 bridgehead atoms. The minimum Gasteiger partial charge on any atom is -0.465 e. The predicted molar refractivity (Wildman–Crippen MR) is 160 cm³/mol. The first-order chi connectivity index (χ1) is 20.4. The molecule has 2 amide bonds. The van der Waals surface area contributed by atoms with E-state index in [9.17, 15) is 19.5 Å².